The zero-order chi connectivity index (χ0) is 10.7. The standard InChI is InChI=1S/C11H14N2O2/c14-11(12-7-3-1-4-8-12)10-6-2-5-9-13(10)15/h2,5-6,9H,1,3-4,7-8H2. The number of carbonyl (C=O) groups is 1. The first-order chi connectivity index (χ1) is 7.29. The summed E-state index contributed by atoms with van der Waals surface area (Å²) in [6, 6.07) is 4.91. The van der Waals surface area contributed by atoms with Crippen LogP contribution in [0.15, 0.2) is 24.4 Å². The minimum atomic E-state index is -0.148. The van der Waals surface area contributed by atoms with E-state index in [1.54, 1.807) is 23.1 Å². The molecular formula is C11H14N2O2. The van der Waals surface area contributed by atoms with Crippen LogP contribution in [0.25, 0.3) is 0 Å². The van der Waals surface area contributed by atoms with Crippen LogP contribution in [0.2, 0.25) is 0 Å². The van der Waals surface area contributed by atoms with Crippen LogP contribution in [0.5, 0.6) is 0 Å². The molecule has 2 rings (SSSR count). The molecule has 0 atom stereocenters. The van der Waals surface area contributed by atoms with Gasteiger partial charge in [-0.25, -0.2) is 0 Å². The van der Waals surface area contributed by atoms with Crippen LogP contribution < -0.4 is 4.73 Å². The highest BCUT2D eigenvalue weighted by Gasteiger charge is 2.23. The van der Waals surface area contributed by atoms with E-state index in [1.807, 2.05) is 0 Å². The zero-order valence-corrected chi connectivity index (χ0v) is 8.56. The molecule has 0 spiro atoms. The number of likely N-dealkylation sites (tertiary alicyclic amines) is 1. The molecule has 1 fully saturated rings. The Bertz CT molecular complexity index is 359. The van der Waals surface area contributed by atoms with Crippen molar-refractivity contribution in [3.63, 3.8) is 0 Å². The maximum Gasteiger partial charge on any atom is 0.319 e. The second-order valence-corrected chi connectivity index (χ2v) is 3.76. The molecule has 1 saturated heterocycles. The molecule has 15 heavy (non-hydrogen) atoms. The summed E-state index contributed by atoms with van der Waals surface area (Å²) in [4.78, 5) is 13.7. The quantitative estimate of drug-likeness (QED) is 0.507. The molecule has 1 aliphatic heterocycles. The second kappa shape index (κ2) is 4.29. The first-order valence-corrected chi connectivity index (χ1v) is 5.26. The Morgan fingerprint density at radius 2 is 2.00 bits per heavy atom. The predicted molar refractivity (Wildman–Crippen MR) is 55.2 cm³/mol. The van der Waals surface area contributed by atoms with Gasteiger partial charge in [-0.15, -0.1) is 0 Å². The summed E-state index contributed by atoms with van der Waals surface area (Å²) in [6.45, 7) is 1.54. The molecule has 1 aromatic heterocycles. The maximum absolute atomic E-state index is 11.9. The fourth-order valence-electron chi connectivity index (χ4n) is 1.85. The van der Waals surface area contributed by atoms with Gasteiger partial charge in [-0.3, -0.25) is 4.79 Å². The lowest BCUT2D eigenvalue weighted by Crippen LogP contribution is -2.43. The van der Waals surface area contributed by atoms with Crippen molar-refractivity contribution in [1.82, 2.24) is 4.90 Å². The Labute approximate surface area is 88.7 Å². The molecule has 0 aromatic carbocycles. The molecule has 0 unspecified atom stereocenters. The van der Waals surface area contributed by atoms with Crippen molar-refractivity contribution in [2.24, 2.45) is 0 Å². The lowest BCUT2D eigenvalue weighted by Gasteiger charge is -2.25. The van der Waals surface area contributed by atoms with Crippen LogP contribution in [0.1, 0.15) is 29.8 Å². The average molecular weight is 206 g/mol. The van der Waals surface area contributed by atoms with Gasteiger partial charge in [0, 0.05) is 25.2 Å². The van der Waals surface area contributed by atoms with E-state index in [4.69, 9.17) is 0 Å². The number of pyridine rings is 1. The number of nitrogens with zero attached hydrogens (tertiary/aromatic N) is 2. The monoisotopic (exact) mass is 206 g/mol. The van der Waals surface area contributed by atoms with Gasteiger partial charge in [0.05, 0.1) is 0 Å². The van der Waals surface area contributed by atoms with E-state index in [2.05, 4.69) is 0 Å². The molecule has 1 aromatic rings. The van der Waals surface area contributed by atoms with Crippen molar-refractivity contribution in [3.8, 4) is 0 Å². The van der Waals surface area contributed by atoms with E-state index >= 15 is 0 Å². The molecular weight excluding hydrogens is 192 g/mol. The Balaban J connectivity index is 2.16. The van der Waals surface area contributed by atoms with Gasteiger partial charge in [0.15, 0.2) is 6.20 Å². The molecule has 1 amide bonds. The number of piperidine rings is 1. The molecule has 0 bridgehead atoms. The molecule has 0 N–H and O–H groups in total. The minimum absolute atomic E-state index is 0.148. The fourth-order valence-corrected chi connectivity index (χ4v) is 1.85. The summed E-state index contributed by atoms with van der Waals surface area (Å²) >= 11 is 0. The summed E-state index contributed by atoms with van der Waals surface area (Å²) in [5, 5.41) is 11.4. The largest absolute Gasteiger partial charge is 0.618 e. The van der Waals surface area contributed by atoms with E-state index < -0.39 is 0 Å². The first-order valence-electron chi connectivity index (χ1n) is 5.26. The van der Waals surface area contributed by atoms with Gasteiger partial charge in [-0.1, -0.05) is 0 Å². The highest BCUT2D eigenvalue weighted by atomic mass is 16.5. The lowest BCUT2D eigenvalue weighted by atomic mass is 10.1. The van der Waals surface area contributed by atoms with Crippen LogP contribution in [-0.4, -0.2) is 23.9 Å². The van der Waals surface area contributed by atoms with E-state index in [9.17, 15) is 10.0 Å². The Kier molecular flexibility index (Phi) is 2.85. The summed E-state index contributed by atoms with van der Waals surface area (Å²) < 4.78 is 0.636. The van der Waals surface area contributed by atoms with Crippen LogP contribution in [0, 0.1) is 5.21 Å². The van der Waals surface area contributed by atoms with Crippen molar-refractivity contribution in [1.29, 1.82) is 0 Å². The fraction of sp³-hybridized carbons (Fsp3) is 0.455. The third-order valence-electron chi connectivity index (χ3n) is 2.69. The third kappa shape index (κ3) is 2.09. The number of hydrogen-bond donors (Lipinski definition) is 0. The molecule has 4 heteroatoms. The summed E-state index contributed by atoms with van der Waals surface area (Å²) in [5.41, 5.74) is 0.222. The van der Waals surface area contributed by atoms with Gasteiger partial charge in [-0.2, -0.15) is 4.73 Å². The average Bonchev–Trinajstić information content (AvgIpc) is 2.30. The SMILES string of the molecule is O=C(c1cccc[n+]1[O-])N1CCCCC1. The van der Waals surface area contributed by atoms with Crippen LogP contribution >= 0.6 is 0 Å². The molecule has 1 aliphatic rings. The number of amides is 1. The maximum atomic E-state index is 11.9. The summed E-state index contributed by atoms with van der Waals surface area (Å²) in [6.07, 6.45) is 4.61. The number of aromatic nitrogens is 1. The molecule has 4 nitrogen and oxygen atoms in total. The summed E-state index contributed by atoms with van der Waals surface area (Å²) in [7, 11) is 0. The number of rotatable bonds is 1. The number of carbonyl (C=O) groups excluding carboxylic acids is 1. The lowest BCUT2D eigenvalue weighted by molar-refractivity contribution is -0.608. The second-order valence-electron chi connectivity index (χ2n) is 3.76. The van der Waals surface area contributed by atoms with E-state index in [-0.39, 0.29) is 11.6 Å². The van der Waals surface area contributed by atoms with Crippen molar-refractivity contribution in [2.75, 3.05) is 13.1 Å². The minimum Gasteiger partial charge on any atom is -0.618 e. The van der Waals surface area contributed by atoms with E-state index in [1.165, 1.54) is 12.6 Å². The Morgan fingerprint density at radius 3 is 2.67 bits per heavy atom. The number of hydrogen-bond acceptors (Lipinski definition) is 2. The van der Waals surface area contributed by atoms with E-state index in [0.29, 0.717) is 4.73 Å². The normalized spacial score (nSPS) is 16.4. The van der Waals surface area contributed by atoms with Gasteiger partial charge in [0.1, 0.15) is 0 Å². The Hall–Kier alpha value is -1.58. The van der Waals surface area contributed by atoms with Crippen molar-refractivity contribution < 1.29 is 9.52 Å². The highest BCUT2D eigenvalue weighted by molar-refractivity contribution is 5.90. The summed E-state index contributed by atoms with van der Waals surface area (Å²) in [5.74, 6) is -0.148. The van der Waals surface area contributed by atoms with Crippen LogP contribution in [0.3, 0.4) is 0 Å². The molecule has 0 radical (unpaired) electrons. The zero-order valence-electron chi connectivity index (χ0n) is 8.56. The van der Waals surface area contributed by atoms with Gasteiger partial charge in [-0.05, 0) is 25.3 Å². The Morgan fingerprint density at radius 1 is 1.27 bits per heavy atom. The molecule has 2 heterocycles. The highest BCUT2D eigenvalue weighted by Crippen LogP contribution is 2.11. The van der Waals surface area contributed by atoms with Crippen LogP contribution in [-0.2, 0) is 0 Å². The molecule has 0 aliphatic carbocycles. The van der Waals surface area contributed by atoms with Gasteiger partial charge in [0.25, 0.3) is 5.69 Å². The topological polar surface area (TPSA) is 47.2 Å². The predicted octanol–water partition coefficient (Wildman–Crippen LogP) is 0.946. The van der Waals surface area contributed by atoms with Crippen LogP contribution in [0.4, 0.5) is 0 Å². The van der Waals surface area contributed by atoms with Gasteiger partial charge >= 0.3 is 5.91 Å². The molecule has 0 saturated carbocycles. The van der Waals surface area contributed by atoms with Crippen molar-refractivity contribution >= 4 is 5.91 Å². The van der Waals surface area contributed by atoms with Gasteiger partial charge in [0.2, 0.25) is 0 Å². The van der Waals surface area contributed by atoms with Crippen molar-refractivity contribution in [3.05, 3.63) is 35.3 Å². The molecule has 80 valence electrons. The smallest absolute Gasteiger partial charge is 0.319 e. The van der Waals surface area contributed by atoms with E-state index in [0.717, 1.165) is 25.9 Å². The van der Waals surface area contributed by atoms with Gasteiger partial charge < -0.3 is 10.1 Å². The first kappa shape index (κ1) is 9.96. The third-order valence-corrected chi connectivity index (χ3v) is 2.69. The van der Waals surface area contributed by atoms with Crippen molar-refractivity contribution in [2.45, 2.75) is 19.3 Å².